The summed E-state index contributed by atoms with van der Waals surface area (Å²) in [4.78, 5) is 26.6. The van der Waals surface area contributed by atoms with Crippen molar-refractivity contribution in [1.29, 1.82) is 0 Å². The number of nitrogens with zero attached hydrogens (tertiary/aromatic N) is 1. The number of hydrogen-bond acceptors (Lipinski definition) is 4. The first-order valence-electron chi connectivity index (χ1n) is 4.95. The average Bonchev–Trinajstić information content (AvgIpc) is 2.78. The molecule has 0 atom stereocenters. The van der Waals surface area contributed by atoms with Gasteiger partial charge in [-0.25, -0.2) is 4.98 Å². The highest BCUT2D eigenvalue weighted by atomic mass is 32.1. The lowest BCUT2D eigenvalue weighted by Crippen LogP contribution is -2.12. The van der Waals surface area contributed by atoms with Crippen molar-refractivity contribution in [3.8, 4) is 11.3 Å². The van der Waals surface area contributed by atoms with E-state index in [9.17, 15) is 9.59 Å². The minimum atomic E-state index is -0.502. The standard InChI is InChI=1S/C12H10N2O2S/c1-7(15)12-14-10(6-17-12)8-4-2-3-5-9(8)11(13)16/h2-6H,1H3,(H2,13,16). The number of rotatable bonds is 3. The number of carbonyl (C=O) groups excluding carboxylic acids is 2. The third kappa shape index (κ3) is 2.24. The second-order valence-corrected chi connectivity index (χ2v) is 4.36. The number of amides is 1. The lowest BCUT2D eigenvalue weighted by Gasteiger charge is -2.02. The third-order valence-corrected chi connectivity index (χ3v) is 3.22. The fraction of sp³-hybridized carbons (Fsp3) is 0.0833. The van der Waals surface area contributed by atoms with E-state index < -0.39 is 5.91 Å². The molecule has 0 saturated heterocycles. The SMILES string of the molecule is CC(=O)c1nc(-c2ccccc2C(N)=O)cs1. The molecule has 5 heteroatoms. The Morgan fingerprint density at radius 2 is 2.00 bits per heavy atom. The van der Waals surface area contributed by atoms with Gasteiger partial charge in [-0.3, -0.25) is 9.59 Å². The van der Waals surface area contributed by atoms with Crippen LogP contribution in [0.4, 0.5) is 0 Å². The van der Waals surface area contributed by atoms with Crippen LogP contribution in [-0.2, 0) is 0 Å². The van der Waals surface area contributed by atoms with E-state index in [0.29, 0.717) is 21.8 Å². The Balaban J connectivity index is 2.52. The molecule has 0 saturated carbocycles. The van der Waals surface area contributed by atoms with Crippen molar-refractivity contribution in [3.05, 3.63) is 40.2 Å². The Morgan fingerprint density at radius 1 is 1.29 bits per heavy atom. The molecule has 1 aromatic carbocycles. The zero-order valence-corrected chi connectivity index (χ0v) is 9.95. The Labute approximate surface area is 102 Å². The molecule has 0 unspecified atom stereocenters. The highest BCUT2D eigenvalue weighted by Crippen LogP contribution is 2.25. The van der Waals surface area contributed by atoms with Crippen LogP contribution in [0.3, 0.4) is 0 Å². The van der Waals surface area contributed by atoms with Gasteiger partial charge in [0.05, 0.1) is 5.69 Å². The maximum atomic E-state index is 11.3. The van der Waals surface area contributed by atoms with Gasteiger partial charge in [0.25, 0.3) is 0 Å². The van der Waals surface area contributed by atoms with E-state index in [1.165, 1.54) is 18.3 Å². The predicted molar refractivity (Wildman–Crippen MR) is 66.1 cm³/mol. The van der Waals surface area contributed by atoms with E-state index >= 15 is 0 Å². The van der Waals surface area contributed by atoms with Crippen molar-refractivity contribution < 1.29 is 9.59 Å². The Morgan fingerprint density at radius 3 is 2.59 bits per heavy atom. The summed E-state index contributed by atoms with van der Waals surface area (Å²) < 4.78 is 0. The van der Waals surface area contributed by atoms with E-state index in [-0.39, 0.29) is 5.78 Å². The predicted octanol–water partition coefficient (Wildman–Crippen LogP) is 2.11. The first kappa shape index (κ1) is 11.5. The number of carbonyl (C=O) groups is 2. The third-order valence-electron chi connectivity index (χ3n) is 2.27. The van der Waals surface area contributed by atoms with Crippen LogP contribution in [0.25, 0.3) is 11.3 Å². The molecule has 0 fully saturated rings. The highest BCUT2D eigenvalue weighted by molar-refractivity contribution is 7.12. The van der Waals surface area contributed by atoms with Gasteiger partial charge >= 0.3 is 0 Å². The van der Waals surface area contributed by atoms with Gasteiger partial charge < -0.3 is 5.73 Å². The van der Waals surface area contributed by atoms with Gasteiger partial charge in [0.15, 0.2) is 10.8 Å². The summed E-state index contributed by atoms with van der Waals surface area (Å²) in [6.45, 7) is 1.46. The van der Waals surface area contributed by atoms with Crippen LogP contribution in [0.1, 0.15) is 27.1 Å². The number of benzene rings is 1. The number of thiazole rings is 1. The maximum absolute atomic E-state index is 11.3. The van der Waals surface area contributed by atoms with E-state index in [0.717, 1.165) is 0 Å². The summed E-state index contributed by atoms with van der Waals surface area (Å²) in [7, 11) is 0. The van der Waals surface area contributed by atoms with Gasteiger partial charge in [-0.1, -0.05) is 18.2 Å². The summed E-state index contributed by atoms with van der Waals surface area (Å²) >= 11 is 1.26. The van der Waals surface area contributed by atoms with Gasteiger partial charge in [0.2, 0.25) is 5.91 Å². The number of primary amides is 1. The number of nitrogens with two attached hydrogens (primary N) is 1. The van der Waals surface area contributed by atoms with E-state index in [2.05, 4.69) is 4.98 Å². The van der Waals surface area contributed by atoms with Crippen LogP contribution in [0.15, 0.2) is 29.6 Å². The minimum Gasteiger partial charge on any atom is -0.366 e. The van der Waals surface area contributed by atoms with Crippen molar-refractivity contribution in [2.45, 2.75) is 6.92 Å². The molecule has 1 heterocycles. The van der Waals surface area contributed by atoms with Gasteiger partial charge in [-0.2, -0.15) is 0 Å². The zero-order valence-electron chi connectivity index (χ0n) is 9.14. The molecule has 2 N–H and O–H groups in total. The van der Waals surface area contributed by atoms with E-state index in [1.54, 1.807) is 29.6 Å². The lowest BCUT2D eigenvalue weighted by atomic mass is 10.1. The van der Waals surface area contributed by atoms with Crippen molar-refractivity contribution in [2.75, 3.05) is 0 Å². The lowest BCUT2D eigenvalue weighted by molar-refractivity contribution is 0.0997. The molecule has 0 aliphatic carbocycles. The quantitative estimate of drug-likeness (QED) is 0.843. The Bertz CT molecular complexity index is 590. The summed E-state index contributed by atoms with van der Waals surface area (Å²) in [6.07, 6.45) is 0. The van der Waals surface area contributed by atoms with Crippen LogP contribution in [0.2, 0.25) is 0 Å². The molecule has 17 heavy (non-hydrogen) atoms. The smallest absolute Gasteiger partial charge is 0.249 e. The molecule has 2 rings (SSSR count). The average molecular weight is 246 g/mol. The second kappa shape index (κ2) is 4.47. The van der Waals surface area contributed by atoms with Gasteiger partial charge in [0, 0.05) is 23.4 Å². The summed E-state index contributed by atoms with van der Waals surface area (Å²) in [6, 6.07) is 6.94. The zero-order chi connectivity index (χ0) is 12.4. The van der Waals surface area contributed by atoms with Crippen LogP contribution in [-0.4, -0.2) is 16.7 Å². The summed E-state index contributed by atoms with van der Waals surface area (Å²) in [5, 5.41) is 2.18. The monoisotopic (exact) mass is 246 g/mol. The molecule has 4 nitrogen and oxygen atoms in total. The van der Waals surface area contributed by atoms with Gasteiger partial charge in [-0.05, 0) is 6.07 Å². The van der Waals surface area contributed by atoms with Crippen LogP contribution in [0.5, 0.6) is 0 Å². The summed E-state index contributed by atoms with van der Waals surface area (Å²) in [5.41, 5.74) is 6.96. The normalized spacial score (nSPS) is 10.2. The first-order valence-corrected chi connectivity index (χ1v) is 5.83. The van der Waals surface area contributed by atoms with Gasteiger partial charge in [-0.15, -0.1) is 11.3 Å². The molecule has 0 aliphatic rings. The topological polar surface area (TPSA) is 73.1 Å². The van der Waals surface area contributed by atoms with Crippen LogP contribution >= 0.6 is 11.3 Å². The van der Waals surface area contributed by atoms with Crippen LogP contribution in [0, 0.1) is 0 Å². The molecule has 2 aromatic rings. The Kier molecular flexibility index (Phi) is 3.01. The van der Waals surface area contributed by atoms with E-state index in [4.69, 9.17) is 5.73 Å². The fourth-order valence-corrected chi connectivity index (χ4v) is 2.20. The highest BCUT2D eigenvalue weighted by Gasteiger charge is 2.13. The fourth-order valence-electron chi connectivity index (χ4n) is 1.48. The van der Waals surface area contributed by atoms with Crippen molar-refractivity contribution in [2.24, 2.45) is 5.73 Å². The summed E-state index contributed by atoms with van der Waals surface area (Å²) in [5.74, 6) is -0.587. The van der Waals surface area contributed by atoms with Crippen molar-refractivity contribution >= 4 is 23.0 Å². The number of Topliss-reactive ketones (excluding diaryl/α,β-unsaturated/α-hetero) is 1. The van der Waals surface area contributed by atoms with E-state index in [1.807, 2.05) is 0 Å². The van der Waals surface area contributed by atoms with Crippen LogP contribution < -0.4 is 5.73 Å². The Hall–Kier alpha value is -2.01. The number of hydrogen-bond donors (Lipinski definition) is 1. The number of aromatic nitrogens is 1. The van der Waals surface area contributed by atoms with Crippen molar-refractivity contribution in [1.82, 2.24) is 4.98 Å². The molecule has 0 radical (unpaired) electrons. The second-order valence-electron chi connectivity index (χ2n) is 3.50. The molecular weight excluding hydrogens is 236 g/mol. The van der Waals surface area contributed by atoms with Crippen molar-refractivity contribution in [3.63, 3.8) is 0 Å². The first-order chi connectivity index (χ1) is 8.09. The molecule has 0 aliphatic heterocycles. The molecule has 1 aromatic heterocycles. The minimum absolute atomic E-state index is 0.0854. The largest absolute Gasteiger partial charge is 0.366 e. The molecule has 86 valence electrons. The maximum Gasteiger partial charge on any atom is 0.249 e. The molecule has 1 amide bonds. The number of ketones is 1. The van der Waals surface area contributed by atoms with Gasteiger partial charge in [0.1, 0.15) is 0 Å². The molecule has 0 bridgehead atoms. The molecular formula is C12H10N2O2S. The molecule has 0 spiro atoms.